The number of hydrogen-bond acceptors (Lipinski definition) is 5. The monoisotopic (exact) mass is 396 g/mol. The third kappa shape index (κ3) is 4.69. The molecule has 3 rings (SSSR count). The Hall–Kier alpha value is -3.32. The summed E-state index contributed by atoms with van der Waals surface area (Å²) in [5, 5.41) is 3.19. The van der Waals surface area contributed by atoms with Gasteiger partial charge in [0.05, 0.1) is 12.0 Å². The SMILES string of the molecule is COc1ccc(S(=O)(=O)Nc2ccc(Nc3cccc(C(C)=O)c3)cc2)cc1. The second-order valence-electron chi connectivity index (χ2n) is 6.12. The van der Waals surface area contributed by atoms with Crippen LogP contribution in [0.5, 0.6) is 5.75 Å². The van der Waals surface area contributed by atoms with Gasteiger partial charge < -0.3 is 10.1 Å². The third-order valence-corrected chi connectivity index (χ3v) is 5.46. The standard InChI is InChI=1S/C21H20N2O4S/c1-15(24)16-4-3-5-19(14-16)22-17-6-8-18(9-7-17)23-28(25,26)21-12-10-20(27-2)11-13-21/h3-14,22-23H,1-2H3. The van der Waals surface area contributed by atoms with Crippen LogP contribution in [0, 0.1) is 0 Å². The van der Waals surface area contributed by atoms with E-state index in [1.165, 1.54) is 26.2 Å². The zero-order chi connectivity index (χ0) is 20.1. The van der Waals surface area contributed by atoms with Gasteiger partial charge in [-0.3, -0.25) is 9.52 Å². The number of ketones is 1. The van der Waals surface area contributed by atoms with Crippen LogP contribution in [0.15, 0.2) is 77.7 Å². The summed E-state index contributed by atoms with van der Waals surface area (Å²) in [4.78, 5) is 11.6. The number of sulfonamides is 1. The van der Waals surface area contributed by atoms with Gasteiger partial charge in [-0.05, 0) is 67.6 Å². The van der Waals surface area contributed by atoms with E-state index in [-0.39, 0.29) is 10.7 Å². The number of carbonyl (C=O) groups is 1. The minimum atomic E-state index is -3.69. The molecule has 0 heterocycles. The van der Waals surface area contributed by atoms with Crippen molar-refractivity contribution < 1.29 is 17.9 Å². The molecule has 0 aliphatic carbocycles. The Morgan fingerprint density at radius 1 is 0.857 bits per heavy atom. The molecule has 0 saturated carbocycles. The zero-order valence-electron chi connectivity index (χ0n) is 15.5. The maximum absolute atomic E-state index is 12.5. The highest BCUT2D eigenvalue weighted by Gasteiger charge is 2.14. The van der Waals surface area contributed by atoms with Gasteiger partial charge in [0.15, 0.2) is 5.78 Å². The van der Waals surface area contributed by atoms with Gasteiger partial charge in [-0.1, -0.05) is 12.1 Å². The van der Waals surface area contributed by atoms with Crippen molar-refractivity contribution in [3.63, 3.8) is 0 Å². The molecule has 0 spiro atoms. The van der Waals surface area contributed by atoms with Gasteiger partial charge in [-0.15, -0.1) is 0 Å². The summed E-state index contributed by atoms with van der Waals surface area (Å²) in [7, 11) is -2.17. The summed E-state index contributed by atoms with van der Waals surface area (Å²) < 4.78 is 32.5. The maximum Gasteiger partial charge on any atom is 0.261 e. The van der Waals surface area contributed by atoms with Crippen molar-refractivity contribution in [3.05, 3.63) is 78.4 Å². The number of anilines is 3. The first kappa shape index (κ1) is 19.4. The van der Waals surface area contributed by atoms with Crippen LogP contribution >= 0.6 is 0 Å². The molecule has 0 aliphatic heterocycles. The maximum atomic E-state index is 12.5. The molecule has 28 heavy (non-hydrogen) atoms. The second kappa shape index (κ2) is 8.14. The average Bonchev–Trinajstić information content (AvgIpc) is 2.69. The number of nitrogens with one attached hydrogen (secondary N) is 2. The van der Waals surface area contributed by atoms with Gasteiger partial charge in [0, 0.05) is 22.6 Å². The van der Waals surface area contributed by atoms with E-state index in [4.69, 9.17) is 4.74 Å². The van der Waals surface area contributed by atoms with E-state index in [1.54, 1.807) is 54.6 Å². The molecule has 3 aromatic rings. The zero-order valence-corrected chi connectivity index (χ0v) is 16.3. The first-order valence-corrected chi connectivity index (χ1v) is 10.0. The smallest absolute Gasteiger partial charge is 0.261 e. The average molecular weight is 396 g/mol. The van der Waals surface area contributed by atoms with Crippen molar-refractivity contribution in [2.75, 3.05) is 17.1 Å². The van der Waals surface area contributed by atoms with Crippen molar-refractivity contribution in [1.29, 1.82) is 0 Å². The van der Waals surface area contributed by atoms with Crippen LogP contribution in [0.4, 0.5) is 17.1 Å². The molecule has 2 N–H and O–H groups in total. The summed E-state index contributed by atoms with van der Waals surface area (Å²) >= 11 is 0. The molecule has 144 valence electrons. The summed E-state index contributed by atoms with van der Waals surface area (Å²) in [5.41, 5.74) is 2.61. The summed E-state index contributed by atoms with van der Waals surface area (Å²) in [6.07, 6.45) is 0. The van der Waals surface area contributed by atoms with Gasteiger partial charge in [0.25, 0.3) is 10.0 Å². The molecule has 0 saturated heterocycles. The fourth-order valence-electron chi connectivity index (χ4n) is 2.57. The van der Waals surface area contributed by atoms with Crippen molar-refractivity contribution in [3.8, 4) is 5.75 Å². The van der Waals surface area contributed by atoms with E-state index in [0.29, 0.717) is 17.0 Å². The number of carbonyl (C=O) groups excluding carboxylic acids is 1. The lowest BCUT2D eigenvalue weighted by molar-refractivity contribution is 0.101. The van der Waals surface area contributed by atoms with Crippen molar-refractivity contribution in [1.82, 2.24) is 0 Å². The predicted molar refractivity (Wildman–Crippen MR) is 110 cm³/mol. The predicted octanol–water partition coefficient (Wildman–Crippen LogP) is 4.44. The number of ether oxygens (including phenoxy) is 1. The van der Waals surface area contributed by atoms with Crippen LogP contribution in [-0.4, -0.2) is 21.3 Å². The van der Waals surface area contributed by atoms with E-state index in [0.717, 1.165) is 11.4 Å². The van der Waals surface area contributed by atoms with Crippen LogP contribution in [0.1, 0.15) is 17.3 Å². The Labute approximate surface area is 164 Å². The summed E-state index contributed by atoms with van der Waals surface area (Å²) in [6, 6.07) is 20.2. The van der Waals surface area contributed by atoms with E-state index < -0.39 is 10.0 Å². The Bertz CT molecular complexity index is 1080. The molecule has 7 heteroatoms. The van der Waals surface area contributed by atoms with Crippen molar-refractivity contribution >= 4 is 32.9 Å². The van der Waals surface area contributed by atoms with E-state index >= 15 is 0 Å². The fraction of sp³-hybridized carbons (Fsp3) is 0.0952. The van der Waals surface area contributed by atoms with E-state index in [9.17, 15) is 13.2 Å². The summed E-state index contributed by atoms with van der Waals surface area (Å²) in [6.45, 7) is 1.52. The van der Waals surface area contributed by atoms with E-state index in [2.05, 4.69) is 10.0 Å². The van der Waals surface area contributed by atoms with Crippen LogP contribution in [0.3, 0.4) is 0 Å². The van der Waals surface area contributed by atoms with Gasteiger partial charge in [0.1, 0.15) is 5.75 Å². The molecule has 0 fully saturated rings. The highest BCUT2D eigenvalue weighted by Crippen LogP contribution is 2.23. The Kier molecular flexibility index (Phi) is 5.65. The number of Topliss-reactive ketones (excluding diaryl/α,β-unsaturated/α-hetero) is 1. The highest BCUT2D eigenvalue weighted by atomic mass is 32.2. The molecule has 0 aliphatic rings. The van der Waals surface area contributed by atoms with Crippen LogP contribution < -0.4 is 14.8 Å². The van der Waals surface area contributed by atoms with Gasteiger partial charge in [-0.25, -0.2) is 8.42 Å². The summed E-state index contributed by atoms with van der Waals surface area (Å²) in [5.74, 6) is 0.579. The normalized spacial score (nSPS) is 10.9. The topological polar surface area (TPSA) is 84.5 Å². The molecule has 6 nitrogen and oxygen atoms in total. The van der Waals surface area contributed by atoms with Crippen LogP contribution in [0.2, 0.25) is 0 Å². The third-order valence-electron chi connectivity index (χ3n) is 4.06. The first-order chi connectivity index (χ1) is 13.4. The molecule has 0 bridgehead atoms. The lowest BCUT2D eigenvalue weighted by atomic mass is 10.1. The minimum Gasteiger partial charge on any atom is -0.497 e. The minimum absolute atomic E-state index is 0.00747. The van der Waals surface area contributed by atoms with Crippen molar-refractivity contribution in [2.24, 2.45) is 0 Å². The molecule has 0 unspecified atom stereocenters. The lowest BCUT2D eigenvalue weighted by Gasteiger charge is -2.11. The quantitative estimate of drug-likeness (QED) is 0.577. The largest absolute Gasteiger partial charge is 0.497 e. The molecule has 0 aromatic heterocycles. The Morgan fingerprint density at radius 2 is 1.50 bits per heavy atom. The molecule has 0 radical (unpaired) electrons. The number of benzene rings is 3. The van der Waals surface area contributed by atoms with Crippen LogP contribution in [0.25, 0.3) is 0 Å². The highest BCUT2D eigenvalue weighted by molar-refractivity contribution is 7.92. The van der Waals surface area contributed by atoms with Gasteiger partial charge >= 0.3 is 0 Å². The number of methoxy groups -OCH3 is 1. The van der Waals surface area contributed by atoms with E-state index in [1.807, 2.05) is 6.07 Å². The first-order valence-electron chi connectivity index (χ1n) is 8.52. The number of rotatable bonds is 7. The van der Waals surface area contributed by atoms with Gasteiger partial charge in [0.2, 0.25) is 0 Å². The molecular formula is C21H20N2O4S. The Balaban J connectivity index is 1.71. The lowest BCUT2D eigenvalue weighted by Crippen LogP contribution is -2.12. The number of hydrogen-bond donors (Lipinski definition) is 2. The molecule has 3 aromatic carbocycles. The molecule has 0 atom stereocenters. The van der Waals surface area contributed by atoms with Crippen LogP contribution in [-0.2, 0) is 10.0 Å². The second-order valence-corrected chi connectivity index (χ2v) is 7.80. The fourth-order valence-corrected chi connectivity index (χ4v) is 3.63. The molecule has 0 amide bonds. The van der Waals surface area contributed by atoms with Crippen molar-refractivity contribution in [2.45, 2.75) is 11.8 Å². The molecular weight excluding hydrogens is 376 g/mol. The Morgan fingerprint density at radius 3 is 2.11 bits per heavy atom. The van der Waals surface area contributed by atoms with Gasteiger partial charge in [-0.2, -0.15) is 0 Å².